The van der Waals surface area contributed by atoms with Crippen molar-refractivity contribution in [3.8, 4) is 0 Å². The van der Waals surface area contributed by atoms with Crippen LogP contribution in [-0.2, 0) is 9.47 Å². The van der Waals surface area contributed by atoms with Crippen molar-refractivity contribution in [2.45, 2.75) is 64.6 Å². The molecule has 0 radical (unpaired) electrons. The monoisotopic (exact) mass is 243 g/mol. The average molecular weight is 243 g/mol. The lowest BCUT2D eigenvalue weighted by Gasteiger charge is -2.16. The molecule has 1 aliphatic rings. The van der Waals surface area contributed by atoms with Gasteiger partial charge in [0.15, 0.2) is 0 Å². The lowest BCUT2D eigenvalue weighted by atomic mass is 10.2. The largest absolute Gasteiger partial charge is 0.377 e. The molecule has 1 N–H and O–H groups in total. The van der Waals surface area contributed by atoms with E-state index in [-0.39, 0.29) is 0 Å². The maximum absolute atomic E-state index is 5.75. The molecule has 0 saturated carbocycles. The number of unbranched alkanes of at least 4 members (excludes halogenated alkanes) is 3. The molecule has 17 heavy (non-hydrogen) atoms. The SMILES string of the molecule is CCCCCCOC(C)CNCC1CCCO1. The van der Waals surface area contributed by atoms with Crippen LogP contribution in [0.2, 0.25) is 0 Å². The summed E-state index contributed by atoms with van der Waals surface area (Å²) in [5.41, 5.74) is 0. The quantitative estimate of drug-likeness (QED) is 0.598. The highest BCUT2D eigenvalue weighted by atomic mass is 16.5. The summed E-state index contributed by atoms with van der Waals surface area (Å²) in [4.78, 5) is 0. The molecular weight excluding hydrogens is 214 g/mol. The van der Waals surface area contributed by atoms with Crippen molar-refractivity contribution in [3.63, 3.8) is 0 Å². The first-order valence-electron chi connectivity index (χ1n) is 7.27. The van der Waals surface area contributed by atoms with Gasteiger partial charge in [0.25, 0.3) is 0 Å². The van der Waals surface area contributed by atoms with Gasteiger partial charge >= 0.3 is 0 Å². The molecule has 2 atom stereocenters. The predicted molar refractivity (Wildman–Crippen MR) is 71.4 cm³/mol. The molecule has 2 unspecified atom stereocenters. The van der Waals surface area contributed by atoms with Gasteiger partial charge in [0, 0.05) is 26.3 Å². The van der Waals surface area contributed by atoms with Gasteiger partial charge in [-0.2, -0.15) is 0 Å². The minimum absolute atomic E-state index is 0.318. The van der Waals surface area contributed by atoms with Gasteiger partial charge in [-0.25, -0.2) is 0 Å². The summed E-state index contributed by atoms with van der Waals surface area (Å²) in [5, 5.41) is 3.43. The zero-order valence-corrected chi connectivity index (χ0v) is 11.5. The smallest absolute Gasteiger partial charge is 0.0700 e. The Labute approximate surface area is 106 Å². The zero-order valence-electron chi connectivity index (χ0n) is 11.5. The Morgan fingerprint density at radius 3 is 2.94 bits per heavy atom. The molecule has 0 aromatic rings. The predicted octanol–water partition coefficient (Wildman–Crippen LogP) is 2.74. The standard InChI is InChI=1S/C14H29NO2/c1-3-4-5-6-9-16-13(2)11-15-12-14-8-7-10-17-14/h13-15H,3-12H2,1-2H3. The highest BCUT2D eigenvalue weighted by molar-refractivity contribution is 4.68. The van der Waals surface area contributed by atoms with Gasteiger partial charge in [-0.15, -0.1) is 0 Å². The zero-order chi connectivity index (χ0) is 12.3. The molecule has 1 fully saturated rings. The number of hydrogen-bond acceptors (Lipinski definition) is 3. The van der Waals surface area contributed by atoms with Crippen LogP contribution in [0.3, 0.4) is 0 Å². The second-order valence-corrected chi connectivity index (χ2v) is 5.04. The van der Waals surface area contributed by atoms with Gasteiger partial charge in [0.05, 0.1) is 12.2 Å². The number of ether oxygens (including phenoxy) is 2. The van der Waals surface area contributed by atoms with Crippen LogP contribution in [0.5, 0.6) is 0 Å². The van der Waals surface area contributed by atoms with E-state index in [0.29, 0.717) is 12.2 Å². The van der Waals surface area contributed by atoms with Gasteiger partial charge < -0.3 is 14.8 Å². The molecule has 1 saturated heterocycles. The maximum Gasteiger partial charge on any atom is 0.0700 e. The fraction of sp³-hybridized carbons (Fsp3) is 1.00. The summed E-state index contributed by atoms with van der Waals surface area (Å²) >= 11 is 0. The molecule has 0 aromatic heterocycles. The van der Waals surface area contributed by atoms with E-state index in [0.717, 1.165) is 26.3 Å². The van der Waals surface area contributed by atoms with Crippen LogP contribution >= 0.6 is 0 Å². The van der Waals surface area contributed by atoms with E-state index in [9.17, 15) is 0 Å². The minimum Gasteiger partial charge on any atom is -0.377 e. The first kappa shape index (κ1) is 14.9. The van der Waals surface area contributed by atoms with E-state index in [4.69, 9.17) is 9.47 Å². The number of hydrogen-bond donors (Lipinski definition) is 1. The molecule has 0 aromatic carbocycles. The summed E-state index contributed by atoms with van der Waals surface area (Å²) in [7, 11) is 0. The summed E-state index contributed by atoms with van der Waals surface area (Å²) in [6, 6.07) is 0. The molecule has 3 heteroatoms. The molecular formula is C14H29NO2. The van der Waals surface area contributed by atoms with Gasteiger partial charge in [-0.05, 0) is 26.2 Å². The van der Waals surface area contributed by atoms with Gasteiger partial charge in [-0.1, -0.05) is 26.2 Å². The fourth-order valence-corrected chi connectivity index (χ4v) is 2.13. The van der Waals surface area contributed by atoms with E-state index in [1.807, 2.05) is 0 Å². The van der Waals surface area contributed by atoms with Crippen molar-refractivity contribution in [2.24, 2.45) is 0 Å². The number of nitrogens with one attached hydrogen (secondary N) is 1. The molecule has 1 aliphatic heterocycles. The van der Waals surface area contributed by atoms with Crippen molar-refractivity contribution in [1.82, 2.24) is 5.32 Å². The molecule has 1 heterocycles. The summed E-state index contributed by atoms with van der Waals surface area (Å²) < 4.78 is 11.3. The van der Waals surface area contributed by atoms with Crippen molar-refractivity contribution in [3.05, 3.63) is 0 Å². The van der Waals surface area contributed by atoms with Crippen molar-refractivity contribution in [2.75, 3.05) is 26.3 Å². The van der Waals surface area contributed by atoms with Crippen LogP contribution in [0.4, 0.5) is 0 Å². The van der Waals surface area contributed by atoms with E-state index < -0.39 is 0 Å². The second kappa shape index (κ2) is 9.86. The number of rotatable bonds is 10. The van der Waals surface area contributed by atoms with E-state index in [2.05, 4.69) is 19.2 Å². The Hall–Kier alpha value is -0.120. The van der Waals surface area contributed by atoms with Gasteiger partial charge in [0.2, 0.25) is 0 Å². The van der Waals surface area contributed by atoms with Crippen LogP contribution in [0, 0.1) is 0 Å². The van der Waals surface area contributed by atoms with E-state index in [1.165, 1.54) is 38.5 Å². The van der Waals surface area contributed by atoms with Crippen LogP contribution in [-0.4, -0.2) is 38.5 Å². The summed E-state index contributed by atoms with van der Waals surface area (Å²) in [6.45, 7) is 8.14. The maximum atomic E-state index is 5.75. The normalized spacial score (nSPS) is 21.9. The third-order valence-corrected chi connectivity index (χ3v) is 3.23. The highest BCUT2D eigenvalue weighted by Crippen LogP contribution is 2.10. The Kier molecular flexibility index (Phi) is 8.67. The molecule has 1 rings (SSSR count). The summed E-state index contributed by atoms with van der Waals surface area (Å²) in [5.74, 6) is 0. The van der Waals surface area contributed by atoms with Crippen LogP contribution in [0.15, 0.2) is 0 Å². The highest BCUT2D eigenvalue weighted by Gasteiger charge is 2.14. The Morgan fingerprint density at radius 2 is 2.24 bits per heavy atom. The molecule has 102 valence electrons. The van der Waals surface area contributed by atoms with Crippen LogP contribution in [0.25, 0.3) is 0 Å². The van der Waals surface area contributed by atoms with Gasteiger partial charge in [-0.3, -0.25) is 0 Å². The molecule has 0 spiro atoms. The van der Waals surface area contributed by atoms with Crippen molar-refractivity contribution in [1.29, 1.82) is 0 Å². The van der Waals surface area contributed by atoms with Crippen molar-refractivity contribution < 1.29 is 9.47 Å². The lowest BCUT2D eigenvalue weighted by Crippen LogP contribution is -2.33. The van der Waals surface area contributed by atoms with Crippen molar-refractivity contribution >= 4 is 0 Å². The first-order chi connectivity index (χ1) is 8.33. The first-order valence-corrected chi connectivity index (χ1v) is 7.27. The third kappa shape index (κ3) is 7.74. The lowest BCUT2D eigenvalue weighted by molar-refractivity contribution is 0.0575. The van der Waals surface area contributed by atoms with Crippen LogP contribution in [0.1, 0.15) is 52.4 Å². The Morgan fingerprint density at radius 1 is 1.35 bits per heavy atom. The second-order valence-electron chi connectivity index (χ2n) is 5.04. The molecule has 0 bridgehead atoms. The Balaban J connectivity index is 1.84. The molecule has 3 nitrogen and oxygen atoms in total. The van der Waals surface area contributed by atoms with E-state index >= 15 is 0 Å². The minimum atomic E-state index is 0.318. The Bertz CT molecular complexity index is 170. The molecule has 0 amide bonds. The van der Waals surface area contributed by atoms with E-state index in [1.54, 1.807) is 0 Å². The van der Waals surface area contributed by atoms with Crippen LogP contribution < -0.4 is 5.32 Å². The average Bonchev–Trinajstić information content (AvgIpc) is 2.82. The topological polar surface area (TPSA) is 30.5 Å². The molecule has 0 aliphatic carbocycles. The summed E-state index contributed by atoms with van der Waals surface area (Å²) in [6.07, 6.45) is 8.30. The van der Waals surface area contributed by atoms with Gasteiger partial charge in [0.1, 0.15) is 0 Å². The fourth-order valence-electron chi connectivity index (χ4n) is 2.13. The third-order valence-electron chi connectivity index (χ3n) is 3.23.